The van der Waals surface area contributed by atoms with E-state index in [-0.39, 0.29) is 12.3 Å². The zero-order chi connectivity index (χ0) is 14.8. The Labute approximate surface area is 122 Å². The molecular weight excluding hydrogens is 276 g/mol. The van der Waals surface area contributed by atoms with Crippen molar-refractivity contribution in [1.82, 2.24) is 10.3 Å². The first kappa shape index (κ1) is 15.0. The van der Waals surface area contributed by atoms with Gasteiger partial charge in [-0.25, -0.2) is 4.98 Å². The third-order valence-electron chi connectivity index (χ3n) is 3.69. The van der Waals surface area contributed by atoms with Crippen LogP contribution in [-0.2, 0) is 11.2 Å². The fourth-order valence-corrected chi connectivity index (χ4v) is 3.58. The van der Waals surface area contributed by atoms with Crippen LogP contribution in [0.3, 0.4) is 0 Å². The molecule has 1 fully saturated rings. The van der Waals surface area contributed by atoms with Crippen LogP contribution in [0.1, 0.15) is 59.4 Å². The molecule has 1 heterocycles. The van der Waals surface area contributed by atoms with Gasteiger partial charge in [0.1, 0.15) is 4.88 Å². The Kier molecular flexibility index (Phi) is 4.42. The third kappa shape index (κ3) is 3.17. The van der Waals surface area contributed by atoms with Gasteiger partial charge in [-0.05, 0) is 39.0 Å². The van der Waals surface area contributed by atoms with Crippen molar-refractivity contribution in [2.75, 3.05) is 0 Å². The lowest BCUT2D eigenvalue weighted by atomic mass is 9.74. The Hall–Kier alpha value is -1.43. The first-order valence-electron chi connectivity index (χ1n) is 6.96. The molecule has 0 spiro atoms. The molecule has 1 aromatic heterocycles. The highest BCUT2D eigenvalue weighted by atomic mass is 32.1. The summed E-state index contributed by atoms with van der Waals surface area (Å²) in [5.41, 5.74) is 0.185. The van der Waals surface area contributed by atoms with Crippen LogP contribution in [0.25, 0.3) is 0 Å². The van der Waals surface area contributed by atoms with E-state index in [9.17, 15) is 9.59 Å². The number of nitrogens with one attached hydrogen (secondary N) is 1. The predicted octanol–water partition coefficient (Wildman–Crippen LogP) is 2.53. The van der Waals surface area contributed by atoms with Crippen LogP contribution in [0, 0.1) is 6.92 Å². The number of thiazole rings is 1. The quantitative estimate of drug-likeness (QED) is 0.845. The summed E-state index contributed by atoms with van der Waals surface area (Å²) < 4.78 is 0. The highest BCUT2D eigenvalue weighted by molar-refractivity contribution is 7.13. The molecule has 6 heteroatoms. The minimum Gasteiger partial charge on any atom is -0.481 e. The van der Waals surface area contributed by atoms with Gasteiger partial charge in [-0.1, -0.05) is 6.92 Å². The van der Waals surface area contributed by atoms with Gasteiger partial charge < -0.3 is 10.4 Å². The number of aliphatic carboxylic acids is 1. The smallest absolute Gasteiger partial charge is 0.305 e. The Morgan fingerprint density at radius 1 is 1.45 bits per heavy atom. The molecule has 1 amide bonds. The van der Waals surface area contributed by atoms with Gasteiger partial charge in [-0.2, -0.15) is 0 Å². The number of hydrogen-bond donors (Lipinski definition) is 2. The standard InChI is InChI=1S/C14H20N2O3S/c1-3-5-10-15-9(2)12(20-10)13(19)16-14(6-4-7-14)8-11(17)18/h3-8H2,1-2H3,(H,16,19)(H,17,18). The Morgan fingerprint density at radius 3 is 2.65 bits per heavy atom. The maximum absolute atomic E-state index is 12.3. The molecule has 0 bridgehead atoms. The number of carbonyl (C=O) groups excluding carboxylic acids is 1. The Bertz CT molecular complexity index is 520. The lowest BCUT2D eigenvalue weighted by Crippen LogP contribution is -2.54. The molecule has 1 aliphatic carbocycles. The molecule has 110 valence electrons. The van der Waals surface area contributed by atoms with Crippen LogP contribution in [0.2, 0.25) is 0 Å². The summed E-state index contributed by atoms with van der Waals surface area (Å²) in [5, 5.41) is 12.9. The van der Waals surface area contributed by atoms with Crippen LogP contribution in [0.15, 0.2) is 0 Å². The number of aromatic nitrogens is 1. The number of carbonyl (C=O) groups is 2. The minimum absolute atomic E-state index is 0.00158. The summed E-state index contributed by atoms with van der Waals surface area (Å²) in [6.07, 6.45) is 4.32. The van der Waals surface area contributed by atoms with Crippen LogP contribution in [-0.4, -0.2) is 27.5 Å². The van der Waals surface area contributed by atoms with Crippen molar-refractivity contribution in [3.05, 3.63) is 15.6 Å². The Balaban J connectivity index is 2.09. The second kappa shape index (κ2) is 5.91. The maximum atomic E-state index is 12.3. The molecule has 5 nitrogen and oxygen atoms in total. The molecule has 0 aliphatic heterocycles. The normalized spacial score (nSPS) is 16.5. The first-order chi connectivity index (χ1) is 9.46. The number of carboxylic acid groups (broad SMARTS) is 1. The zero-order valence-electron chi connectivity index (χ0n) is 11.9. The van der Waals surface area contributed by atoms with Gasteiger partial charge in [0, 0.05) is 0 Å². The topological polar surface area (TPSA) is 79.3 Å². The van der Waals surface area contributed by atoms with Gasteiger partial charge in [-0.3, -0.25) is 9.59 Å². The highest BCUT2D eigenvalue weighted by Crippen LogP contribution is 2.35. The summed E-state index contributed by atoms with van der Waals surface area (Å²) in [4.78, 5) is 28.3. The SMILES string of the molecule is CCCc1nc(C)c(C(=O)NC2(CC(=O)O)CCC2)s1. The lowest BCUT2D eigenvalue weighted by Gasteiger charge is -2.41. The third-order valence-corrected chi connectivity index (χ3v) is 4.91. The largest absolute Gasteiger partial charge is 0.481 e. The minimum atomic E-state index is -0.863. The molecule has 0 aromatic carbocycles. The van der Waals surface area contributed by atoms with Crippen molar-refractivity contribution >= 4 is 23.2 Å². The summed E-state index contributed by atoms with van der Waals surface area (Å²) in [5.74, 6) is -1.04. The molecular formula is C14H20N2O3S. The van der Waals surface area contributed by atoms with E-state index in [2.05, 4.69) is 17.2 Å². The fourth-order valence-electron chi connectivity index (χ4n) is 2.52. The molecule has 0 unspecified atom stereocenters. The van der Waals surface area contributed by atoms with E-state index in [1.807, 2.05) is 6.92 Å². The molecule has 1 saturated carbocycles. The van der Waals surface area contributed by atoms with E-state index >= 15 is 0 Å². The number of carboxylic acids is 1. The van der Waals surface area contributed by atoms with E-state index < -0.39 is 11.5 Å². The Morgan fingerprint density at radius 2 is 2.15 bits per heavy atom. The molecule has 2 N–H and O–H groups in total. The molecule has 1 aromatic rings. The zero-order valence-corrected chi connectivity index (χ0v) is 12.7. The highest BCUT2D eigenvalue weighted by Gasteiger charge is 2.40. The number of nitrogens with zero attached hydrogens (tertiary/aromatic N) is 1. The molecule has 0 saturated heterocycles. The number of amides is 1. The monoisotopic (exact) mass is 296 g/mol. The summed E-state index contributed by atoms with van der Waals surface area (Å²) >= 11 is 1.42. The van der Waals surface area contributed by atoms with E-state index in [0.29, 0.717) is 4.88 Å². The first-order valence-corrected chi connectivity index (χ1v) is 7.78. The predicted molar refractivity (Wildman–Crippen MR) is 77.1 cm³/mol. The average Bonchev–Trinajstić information content (AvgIpc) is 2.67. The van der Waals surface area contributed by atoms with Crippen molar-refractivity contribution in [2.45, 2.75) is 57.9 Å². The van der Waals surface area contributed by atoms with Gasteiger partial charge >= 0.3 is 5.97 Å². The van der Waals surface area contributed by atoms with E-state index in [0.717, 1.165) is 42.8 Å². The number of hydrogen-bond acceptors (Lipinski definition) is 4. The molecule has 1 aliphatic rings. The molecule has 0 radical (unpaired) electrons. The summed E-state index contributed by atoms with van der Waals surface area (Å²) in [7, 11) is 0. The van der Waals surface area contributed by atoms with E-state index in [4.69, 9.17) is 5.11 Å². The fraction of sp³-hybridized carbons (Fsp3) is 0.643. The number of aryl methyl sites for hydroxylation is 2. The second-order valence-electron chi connectivity index (χ2n) is 5.43. The average molecular weight is 296 g/mol. The lowest BCUT2D eigenvalue weighted by molar-refractivity contribution is -0.139. The van der Waals surface area contributed by atoms with Crippen LogP contribution >= 0.6 is 11.3 Å². The summed E-state index contributed by atoms with van der Waals surface area (Å²) in [6.45, 7) is 3.90. The molecule has 20 heavy (non-hydrogen) atoms. The van der Waals surface area contributed by atoms with Crippen molar-refractivity contribution < 1.29 is 14.7 Å². The van der Waals surface area contributed by atoms with Crippen molar-refractivity contribution in [3.8, 4) is 0 Å². The van der Waals surface area contributed by atoms with Crippen molar-refractivity contribution in [1.29, 1.82) is 0 Å². The van der Waals surface area contributed by atoms with Gasteiger partial charge in [0.05, 0.1) is 22.7 Å². The van der Waals surface area contributed by atoms with Gasteiger partial charge in [0.2, 0.25) is 0 Å². The molecule has 0 atom stereocenters. The van der Waals surface area contributed by atoms with Crippen LogP contribution in [0.4, 0.5) is 0 Å². The van der Waals surface area contributed by atoms with Gasteiger partial charge in [0.15, 0.2) is 0 Å². The summed E-state index contributed by atoms with van der Waals surface area (Å²) in [6, 6.07) is 0. The maximum Gasteiger partial charge on any atom is 0.305 e. The second-order valence-corrected chi connectivity index (χ2v) is 6.51. The van der Waals surface area contributed by atoms with Crippen LogP contribution < -0.4 is 5.32 Å². The van der Waals surface area contributed by atoms with Crippen LogP contribution in [0.5, 0.6) is 0 Å². The molecule has 2 rings (SSSR count). The van der Waals surface area contributed by atoms with Crippen molar-refractivity contribution in [3.63, 3.8) is 0 Å². The number of rotatable bonds is 6. The van der Waals surface area contributed by atoms with Crippen molar-refractivity contribution in [2.24, 2.45) is 0 Å². The van der Waals surface area contributed by atoms with Gasteiger partial charge in [-0.15, -0.1) is 11.3 Å². The van der Waals surface area contributed by atoms with E-state index in [1.165, 1.54) is 11.3 Å². The van der Waals surface area contributed by atoms with Gasteiger partial charge in [0.25, 0.3) is 5.91 Å². The van der Waals surface area contributed by atoms with E-state index in [1.54, 1.807) is 0 Å².